The van der Waals surface area contributed by atoms with E-state index in [0.717, 1.165) is 0 Å². The van der Waals surface area contributed by atoms with Crippen LogP contribution in [0, 0.1) is 0 Å². The van der Waals surface area contributed by atoms with Crippen LogP contribution < -0.4 is 0 Å². The zero-order valence-electron chi connectivity index (χ0n) is 7.16. The van der Waals surface area contributed by atoms with Crippen molar-refractivity contribution < 1.29 is 297 Å². The van der Waals surface area contributed by atoms with Crippen LogP contribution in [0.3, 0.4) is 0 Å². The van der Waals surface area contributed by atoms with Crippen LogP contribution in [0.15, 0.2) is 0 Å². The fourth-order valence-electron chi connectivity index (χ4n) is 0. The first-order valence-corrected chi connectivity index (χ1v) is 0. The predicted octanol–water partition coefficient (Wildman–Crippen LogP) is -0.0400. The standard InChI is InChI=1S/16V. The molecule has 16 radical (unpaired) electrons. The third-order valence-corrected chi connectivity index (χ3v) is 0. The summed E-state index contributed by atoms with van der Waals surface area (Å²) in [5, 5.41) is 0. The third-order valence-electron chi connectivity index (χ3n) is 0. The van der Waals surface area contributed by atoms with Crippen molar-refractivity contribution in [1.82, 2.24) is 0 Å². The molecule has 0 rings (SSSR count). The second kappa shape index (κ2) is 152. The molecule has 0 N–H and O–H groups in total. The van der Waals surface area contributed by atoms with Crippen LogP contribution in [0.2, 0.25) is 0 Å². The second-order valence-corrected chi connectivity index (χ2v) is 0. The Morgan fingerprint density at radius 2 is 0.0625 bits per heavy atom. The van der Waals surface area contributed by atoms with Gasteiger partial charge in [0.1, 0.15) is 0 Å². The minimum absolute atomic E-state index is 0. The van der Waals surface area contributed by atoms with Crippen molar-refractivity contribution >= 4 is 0 Å². The maximum absolute atomic E-state index is 0. The van der Waals surface area contributed by atoms with Gasteiger partial charge in [0.05, 0.1) is 0 Å². The molecular formula is V16. The van der Waals surface area contributed by atoms with Gasteiger partial charge in [0.25, 0.3) is 0 Å². The van der Waals surface area contributed by atoms with Crippen molar-refractivity contribution in [2.75, 3.05) is 0 Å². The van der Waals surface area contributed by atoms with E-state index in [9.17, 15) is 0 Å². The molecule has 0 unspecified atom stereocenters. The summed E-state index contributed by atoms with van der Waals surface area (Å²) in [7, 11) is 0. The molecule has 0 aromatic carbocycles. The van der Waals surface area contributed by atoms with E-state index in [4.69, 9.17) is 0 Å². The van der Waals surface area contributed by atoms with E-state index in [2.05, 4.69) is 0 Å². The molecule has 0 amide bonds. The molecule has 0 saturated carbocycles. The van der Waals surface area contributed by atoms with E-state index in [1.807, 2.05) is 0 Å². The van der Waals surface area contributed by atoms with Gasteiger partial charge in [-0.2, -0.15) is 0 Å². The molecule has 16 heteroatoms. The quantitative estimate of drug-likeness (QED) is 0.323. The summed E-state index contributed by atoms with van der Waals surface area (Å²) in [6.07, 6.45) is 0. The van der Waals surface area contributed by atoms with Crippen LogP contribution >= 0.6 is 0 Å². The fraction of sp³-hybridized carbons (Fsp3) is 0. The maximum Gasteiger partial charge on any atom is 0 e. The second-order valence-electron chi connectivity index (χ2n) is 0. The molecule has 0 heterocycles. The molecule has 0 aliphatic rings. The average molecular weight is 815 g/mol. The van der Waals surface area contributed by atoms with Crippen LogP contribution in [0.5, 0.6) is 0 Å². The molecule has 0 saturated heterocycles. The summed E-state index contributed by atoms with van der Waals surface area (Å²) in [4.78, 5) is 0. The van der Waals surface area contributed by atoms with Gasteiger partial charge in [-0.15, -0.1) is 0 Å². The van der Waals surface area contributed by atoms with Gasteiger partial charge in [0.2, 0.25) is 0 Å². The van der Waals surface area contributed by atoms with E-state index in [1.165, 1.54) is 0 Å². The third kappa shape index (κ3) is 133. The van der Waals surface area contributed by atoms with Gasteiger partial charge in [-0.1, -0.05) is 0 Å². The Morgan fingerprint density at radius 3 is 0.0625 bits per heavy atom. The van der Waals surface area contributed by atoms with Crippen LogP contribution in [0.25, 0.3) is 0 Å². The Bertz CT molecular complexity index is 0. The van der Waals surface area contributed by atoms with Gasteiger partial charge < -0.3 is 0 Å². The fourth-order valence-corrected chi connectivity index (χ4v) is 0. The van der Waals surface area contributed by atoms with E-state index >= 15 is 0 Å². The number of hydrogen-bond donors (Lipinski definition) is 0. The summed E-state index contributed by atoms with van der Waals surface area (Å²) >= 11 is 0. The van der Waals surface area contributed by atoms with Crippen LogP contribution in [0.4, 0.5) is 0 Å². The van der Waals surface area contributed by atoms with Gasteiger partial charge in [-0.3, -0.25) is 0 Å². The first-order chi connectivity index (χ1) is 0. The van der Waals surface area contributed by atoms with Crippen molar-refractivity contribution in [2.24, 2.45) is 0 Å². The molecule has 0 nitrogen and oxygen atoms in total. The topological polar surface area (TPSA) is 0 Å². The van der Waals surface area contributed by atoms with Crippen molar-refractivity contribution in [3.8, 4) is 0 Å². The number of hydrogen-bond acceptors (Lipinski definition) is 0. The molecule has 0 aromatic heterocycles. The summed E-state index contributed by atoms with van der Waals surface area (Å²) in [6.45, 7) is 0. The largest absolute Gasteiger partial charge is 0 e. The summed E-state index contributed by atoms with van der Waals surface area (Å²) in [5.41, 5.74) is 0. The summed E-state index contributed by atoms with van der Waals surface area (Å²) in [6, 6.07) is 0. The Hall–Kier alpha value is 9.35. The molecule has 16 heavy (non-hydrogen) atoms. The van der Waals surface area contributed by atoms with Gasteiger partial charge in [-0.05, 0) is 0 Å². The molecule has 0 bridgehead atoms. The van der Waals surface area contributed by atoms with E-state index < -0.39 is 0 Å². The van der Waals surface area contributed by atoms with Crippen molar-refractivity contribution in [1.29, 1.82) is 0 Å². The van der Waals surface area contributed by atoms with Crippen molar-refractivity contribution in [2.45, 2.75) is 0 Å². The molecular weight excluding hydrogens is 815 g/mol. The van der Waals surface area contributed by atoms with Crippen LogP contribution in [-0.2, 0) is 297 Å². The smallest absolute Gasteiger partial charge is 0 e. The van der Waals surface area contributed by atoms with E-state index in [1.54, 1.807) is 0 Å². The van der Waals surface area contributed by atoms with Gasteiger partial charge >= 0.3 is 0 Å². The average Bonchev–Trinajstić information content (AvgIpc) is 0. The molecule has 0 atom stereocenters. The molecule has 0 aromatic rings. The first kappa shape index (κ1) is 172. The van der Waals surface area contributed by atoms with Gasteiger partial charge in [0, 0.05) is 297 Å². The molecule has 80 valence electrons. The van der Waals surface area contributed by atoms with Crippen molar-refractivity contribution in [3.05, 3.63) is 0 Å². The van der Waals surface area contributed by atoms with Gasteiger partial charge in [0.15, 0.2) is 0 Å². The Kier molecular flexibility index (Phi) is 1630. The number of rotatable bonds is 0. The van der Waals surface area contributed by atoms with Crippen LogP contribution in [-0.4, -0.2) is 0 Å². The Balaban J connectivity index is 0. The summed E-state index contributed by atoms with van der Waals surface area (Å²) < 4.78 is 0. The molecule has 0 aliphatic heterocycles. The normalized spacial score (nSPS) is 0. The molecule has 0 fully saturated rings. The SMILES string of the molecule is [V].[V].[V].[V].[V].[V].[V].[V].[V].[V].[V].[V].[V].[V].[V].[V]. The minimum Gasteiger partial charge on any atom is 0 e. The van der Waals surface area contributed by atoms with Crippen molar-refractivity contribution in [3.63, 3.8) is 0 Å². The summed E-state index contributed by atoms with van der Waals surface area (Å²) in [5.74, 6) is 0. The molecule has 0 aliphatic carbocycles. The zero-order chi connectivity index (χ0) is 0. The maximum atomic E-state index is 0. The first-order valence-electron chi connectivity index (χ1n) is 0. The Labute approximate surface area is 289 Å². The minimum atomic E-state index is 0. The van der Waals surface area contributed by atoms with Crippen LogP contribution in [0.1, 0.15) is 0 Å². The Morgan fingerprint density at radius 1 is 0.0625 bits per heavy atom. The molecule has 0 spiro atoms. The van der Waals surface area contributed by atoms with Gasteiger partial charge in [-0.25, -0.2) is 0 Å². The zero-order valence-corrected chi connectivity index (χ0v) is 29.5. The van der Waals surface area contributed by atoms with E-state index in [-0.39, 0.29) is 297 Å². The monoisotopic (exact) mass is 815 g/mol. The predicted molar refractivity (Wildman–Crippen MR) is 0 cm³/mol. The van der Waals surface area contributed by atoms with E-state index in [0.29, 0.717) is 0 Å².